The molecule has 3 aliphatic rings. The van der Waals surface area contributed by atoms with Crippen LogP contribution in [0.25, 0.3) is 38.6 Å². The van der Waals surface area contributed by atoms with E-state index in [1.165, 1.54) is 86.1 Å². The Morgan fingerprint density at radius 3 is 2.12 bits per heavy atom. The fourth-order valence-corrected chi connectivity index (χ4v) is 9.68. The third-order valence-corrected chi connectivity index (χ3v) is 11.6. The number of aryl methyl sites for hydroxylation is 1. The van der Waals surface area contributed by atoms with Crippen LogP contribution in [0.4, 0.5) is 11.4 Å². The van der Waals surface area contributed by atoms with E-state index in [9.17, 15) is 0 Å². The molecule has 0 aliphatic carbocycles. The molecule has 0 atom stereocenters. The van der Waals surface area contributed by atoms with Gasteiger partial charge in [0.2, 0.25) is 0 Å². The lowest BCUT2D eigenvalue weighted by Gasteiger charge is -2.42. The molecule has 7 aromatic rings. The Kier molecular flexibility index (Phi) is 4.64. The fourth-order valence-electron chi connectivity index (χ4n) is 7.41. The highest BCUT2D eigenvalue weighted by Crippen LogP contribution is 2.53. The van der Waals surface area contributed by atoms with Crippen molar-refractivity contribution in [1.82, 2.24) is 4.57 Å². The molecule has 10 rings (SSSR count). The minimum absolute atomic E-state index is 0.0672. The third kappa shape index (κ3) is 3.00. The predicted molar refractivity (Wildman–Crippen MR) is 179 cm³/mol. The predicted octanol–water partition coefficient (Wildman–Crippen LogP) is 8.95. The van der Waals surface area contributed by atoms with E-state index in [-0.39, 0.29) is 6.85 Å². The van der Waals surface area contributed by atoms with E-state index in [1.54, 1.807) is 0 Å². The number of rotatable bonds is 1. The molecule has 42 heavy (non-hydrogen) atoms. The van der Waals surface area contributed by atoms with Crippen molar-refractivity contribution in [2.75, 3.05) is 4.81 Å². The molecule has 0 unspecified atom stereocenters. The average molecular weight is 571 g/mol. The molecule has 6 aromatic carbocycles. The second-order valence-electron chi connectivity index (χ2n) is 11.4. The summed E-state index contributed by atoms with van der Waals surface area (Å²) in [5.74, 6) is 0. The highest BCUT2D eigenvalue weighted by molar-refractivity contribution is 8.05. The highest BCUT2D eigenvalue weighted by atomic mass is 32.2. The van der Waals surface area contributed by atoms with Crippen LogP contribution in [0, 0.1) is 6.92 Å². The van der Waals surface area contributed by atoms with Gasteiger partial charge in [-0.15, -0.1) is 0 Å². The van der Waals surface area contributed by atoms with Gasteiger partial charge in [0, 0.05) is 53.0 Å². The molecule has 3 aliphatic heterocycles. The zero-order chi connectivity index (χ0) is 27.5. The summed E-state index contributed by atoms with van der Waals surface area (Å²) in [5, 5.41) is 2.64. The number of hydrogen-bond donors (Lipinski definition) is 0. The maximum Gasteiger partial charge on any atom is 0.333 e. The molecule has 0 saturated heterocycles. The van der Waals surface area contributed by atoms with Crippen molar-refractivity contribution >= 4 is 74.5 Å². The summed E-state index contributed by atoms with van der Waals surface area (Å²) < 4.78 is 2.54. The third-order valence-electron chi connectivity index (χ3n) is 9.03. The summed E-state index contributed by atoms with van der Waals surface area (Å²) in [7, 11) is 0. The summed E-state index contributed by atoms with van der Waals surface area (Å²) in [4.78, 5) is 7.95. The van der Waals surface area contributed by atoms with Gasteiger partial charge in [-0.3, -0.25) is 0 Å². The Bertz CT molecular complexity index is 2290. The number of anilines is 2. The van der Waals surface area contributed by atoms with Gasteiger partial charge in [-0.2, -0.15) is 0 Å². The van der Waals surface area contributed by atoms with Crippen LogP contribution in [0.15, 0.2) is 141 Å². The SMILES string of the molecule is Cc1cc2c3c(c1)-n1c4ccccc4c4cccc(c41)B3N(c1ccccc1)c1cc3c(cc1-2)Sc1ccccc1S3. The van der Waals surface area contributed by atoms with Gasteiger partial charge in [-0.05, 0) is 77.5 Å². The molecule has 0 N–H and O–H groups in total. The molecule has 0 amide bonds. The van der Waals surface area contributed by atoms with Crippen molar-refractivity contribution in [3.05, 3.63) is 127 Å². The zero-order valence-electron chi connectivity index (χ0n) is 22.8. The molecule has 1 aromatic heterocycles. The van der Waals surface area contributed by atoms with Crippen molar-refractivity contribution in [3.63, 3.8) is 0 Å². The van der Waals surface area contributed by atoms with Crippen LogP contribution in [0.2, 0.25) is 0 Å². The van der Waals surface area contributed by atoms with Crippen LogP contribution in [-0.2, 0) is 0 Å². The number of fused-ring (bicyclic) bond motifs is 9. The number of nitrogens with zero attached hydrogens (tertiary/aromatic N) is 2. The molecular weight excluding hydrogens is 547 g/mol. The van der Waals surface area contributed by atoms with E-state index >= 15 is 0 Å². The molecule has 0 radical (unpaired) electrons. The summed E-state index contributed by atoms with van der Waals surface area (Å²) in [5.41, 5.74) is 13.1. The smallest absolute Gasteiger partial charge is 0.333 e. The summed E-state index contributed by atoms with van der Waals surface area (Å²) >= 11 is 3.80. The van der Waals surface area contributed by atoms with Gasteiger partial charge >= 0.3 is 6.85 Å². The molecule has 5 heteroatoms. The molecule has 0 spiro atoms. The van der Waals surface area contributed by atoms with Crippen LogP contribution in [-0.4, -0.2) is 11.4 Å². The molecular formula is C37H23BN2S2. The molecule has 0 saturated carbocycles. The zero-order valence-corrected chi connectivity index (χ0v) is 24.5. The van der Waals surface area contributed by atoms with Crippen molar-refractivity contribution in [2.24, 2.45) is 0 Å². The van der Waals surface area contributed by atoms with Crippen molar-refractivity contribution < 1.29 is 0 Å². The van der Waals surface area contributed by atoms with E-state index in [0.717, 1.165) is 0 Å². The van der Waals surface area contributed by atoms with Crippen molar-refractivity contribution in [2.45, 2.75) is 26.5 Å². The van der Waals surface area contributed by atoms with Crippen LogP contribution in [0.1, 0.15) is 5.56 Å². The van der Waals surface area contributed by atoms with Crippen LogP contribution in [0.3, 0.4) is 0 Å². The Hall–Kier alpha value is -4.32. The lowest BCUT2D eigenvalue weighted by atomic mass is 9.44. The van der Waals surface area contributed by atoms with E-state index < -0.39 is 0 Å². The van der Waals surface area contributed by atoms with E-state index in [1.807, 2.05) is 23.5 Å². The van der Waals surface area contributed by atoms with E-state index in [2.05, 4.69) is 138 Å². The van der Waals surface area contributed by atoms with Gasteiger partial charge in [0.15, 0.2) is 0 Å². The molecule has 196 valence electrons. The summed E-state index contributed by atoms with van der Waals surface area (Å²) in [6.07, 6.45) is 0. The number of hydrogen-bond acceptors (Lipinski definition) is 3. The van der Waals surface area contributed by atoms with Crippen LogP contribution in [0.5, 0.6) is 0 Å². The quantitative estimate of drug-likeness (QED) is 0.182. The second kappa shape index (κ2) is 8.38. The normalized spacial score (nSPS) is 14.0. The summed E-state index contributed by atoms with van der Waals surface area (Å²) in [6, 6.07) is 45.3. The van der Waals surface area contributed by atoms with Crippen LogP contribution < -0.4 is 15.7 Å². The Labute approximate surface area is 253 Å². The molecule has 4 heterocycles. The minimum atomic E-state index is 0.0672. The standard InChI is InChI=1S/C37H23BN2S2/c1-22-18-27-26-20-34-35(42-33-17-8-7-16-32(33)41-34)21-30(26)40(23-10-3-2-4-11-23)38-28-14-9-13-25-24-12-5-6-15-29(24)39(37(25)28)31(19-22)36(27)38/h2-21H,1H3. The Balaban J connectivity index is 1.35. The first-order valence-corrected chi connectivity index (χ1v) is 16.0. The van der Waals surface area contributed by atoms with E-state index in [4.69, 9.17) is 0 Å². The monoisotopic (exact) mass is 570 g/mol. The first kappa shape index (κ1) is 23.3. The maximum absolute atomic E-state index is 2.61. The summed E-state index contributed by atoms with van der Waals surface area (Å²) in [6.45, 7) is 2.31. The van der Waals surface area contributed by atoms with E-state index in [0.29, 0.717) is 0 Å². The van der Waals surface area contributed by atoms with Crippen molar-refractivity contribution in [3.8, 4) is 16.8 Å². The van der Waals surface area contributed by atoms with Crippen LogP contribution >= 0.6 is 23.5 Å². The second-order valence-corrected chi connectivity index (χ2v) is 13.6. The highest BCUT2D eigenvalue weighted by Gasteiger charge is 2.44. The lowest BCUT2D eigenvalue weighted by molar-refractivity contribution is 1.14. The maximum atomic E-state index is 2.61. The van der Waals surface area contributed by atoms with Gasteiger partial charge in [0.05, 0.1) is 11.0 Å². The molecule has 0 fully saturated rings. The van der Waals surface area contributed by atoms with Crippen molar-refractivity contribution in [1.29, 1.82) is 0 Å². The number of aromatic nitrogens is 1. The lowest BCUT2D eigenvalue weighted by Crippen LogP contribution is -2.60. The fraction of sp³-hybridized carbons (Fsp3) is 0.0270. The topological polar surface area (TPSA) is 8.17 Å². The number of para-hydroxylation sites is 3. The Morgan fingerprint density at radius 2 is 1.29 bits per heavy atom. The number of benzene rings is 6. The van der Waals surface area contributed by atoms with Gasteiger partial charge < -0.3 is 9.38 Å². The molecule has 2 nitrogen and oxygen atoms in total. The van der Waals surface area contributed by atoms with Gasteiger partial charge in [0.25, 0.3) is 0 Å². The first-order chi connectivity index (χ1) is 20.7. The molecule has 0 bridgehead atoms. The first-order valence-electron chi connectivity index (χ1n) is 14.4. The van der Waals surface area contributed by atoms with Gasteiger partial charge in [-0.25, -0.2) is 0 Å². The van der Waals surface area contributed by atoms with Gasteiger partial charge in [-0.1, -0.05) is 96.3 Å². The minimum Gasteiger partial charge on any atom is -0.376 e. The largest absolute Gasteiger partial charge is 0.376 e. The Morgan fingerprint density at radius 1 is 0.571 bits per heavy atom. The van der Waals surface area contributed by atoms with Gasteiger partial charge in [0.1, 0.15) is 0 Å². The average Bonchev–Trinajstić information content (AvgIpc) is 3.37.